The minimum atomic E-state index is -1.19. The number of rotatable bonds is 2. The quantitative estimate of drug-likeness (QED) is 0.790. The summed E-state index contributed by atoms with van der Waals surface area (Å²) in [5.74, 6) is 0. The Morgan fingerprint density at radius 1 is 1.46 bits per heavy atom. The van der Waals surface area contributed by atoms with E-state index in [1.165, 1.54) is 4.90 Å². The van der Waals surface area contributed by atoms with Crippen LogP contribution in [0, 0.1) is 5.41 Å². The van der Waals surface area contributed by atoms with Crippen molar-refractivity contribution >= 4 is 17.5 Å². The van der Waals surface area contributed by atoms with Crippen molar-refractivity contribution in [3.05, 3.63) is 17.5 Å². The van der Waals surface area contributed by atoms with Gasteiger partial charge in [0.25, 0.3) is 0 Å². The van der Waals surface area contributed by atoms with Crippen LogP contribution in [0.2, 0.25) is 0 Å². The normalized spacial score (nSPS) is 24.2. The van der Waals surface area contributed by atoms with E-state index >= 15 is 0 Å². The lowest BCUT2D eigenvalue weighted by atomic mass is 9.73. The minimum absolute atomic E-state index is 0.0443. The molecule has 2 N–H and O–H groups in total. The first-order valence-corrected chi connectivity index (χ1v) is 9.46. The zero-order valence-corrected chi connectivity index (χ0v) is 15.5. The zero-order chi connectivity index (χ0) is 17.7. The van der Waals surface area contributed by atoms with Crippen LogP contribution in [0.25, 0.3) is 0 Å². The average Bonchev–Trinajstić information content (AvgIpc) is 2.94. The number of carbonyl (C=O) groups is 1. The van der Waals surface area contributed by atoms with Gasteiger partial charge in [-0.15, -0.1) is 4.72 Å². The molecule has 1 amide bonds. The van der Waals surface area contributed by atoms with Crippen LogP contribution >= 0.6 is 0 Å². The smallest absolute Gasteiger partial charge is 0.407 e. The molecule has 1 aliphatic carbocycles. The van der Waals surface area contributed by atoms with Gasteiger partial charge in [-0.2, -0.15) is 5.10 Å². The Morgan fingerprint density at radius 2 is 2.08 bits per heavy atom. The second kappa shape index (κ2) is 5.93. The lowest BCUT2D eigenvalue weighted by Gasteiger charge is -2.43. The maximum Gasteiger partial charge on any atom is 0.407 e. The van der Waals surface area contributed by atoms with E-state index in [2.05, 4.69) is 9.82 Å². The van der Waals surface area contributed by atoms with E-state index in [-0.39, 0.29) is 16.2 Å². The maximum atomic E-state index is 12.7. The summed E-state index contributed by atoms with van der Waals surface area (Å²) in [6.45, 7) is 6.90. The van der Waals surface area contributed by atoms with Gasteiger partial charge in [0, 0.05) is 48.7 Å². The van der Waals surface area contributed by atoms with Crippen molar-refractivity contribution in [1.29, 1.82) is 0 Å². The number of amides is 1. The number of aryl methyl sites for hydroxylation is 1. The van der Waals surface area contributed by atoms with Crippen LogP contribution in [0.4, 0.5) is 4.79 Å². The van der Waals surface area contributed by atoms with Crippen molar-refractivity contribution in [2.45, 2.75) is 50.8 Å². The van der Waals surface area contributed by atoms with Crippen molar-refractivity contribution in [2.75, 3.05) is 13.1 Å². The molecule has 2 heterocycles. The molecule has 2 atom stereocenters. The number of hydrogen-bond donors (Lipinski definition) is 2. The third-order valence-corrected chi connectivity index (χ3v) is 6.75. The highest BCUT2D eigenvalue weighted by Gasteiger charge is 2.52. The van der Waals surface area contributed by atoms with Gasteiger partial charge in [-0.25, -0.2) is 4.79 Å². The Morgan fingerprint density at radius 3 is 2.62 bits per heavy atom. The van der Waals surface area contributed by atoms with Crippen LogP contribution in [0.3, 0.4) is 0 Å². The molecule has 2 aliphatic rings. The van der Waals surface area contributed by atoms with Crippen molar-refractivity contribution in [3.8, 4) is 0 Å². The van der Waals surface area contributed by atoms with Crippen LogP contribution in [-0.4, -0.2) is 48.3 Å². The van der Waals surface area contributed by atoms with Gasteiger partial charge in [0.05, 0.1) is 11.7 Å². The predicted octanol–water partition coefficient (Wildman–Crippen LogP) is 1.83. The van der Waals surface area contributed by atoms with E-state index in [4.69, 9.17) is 0 Å². The molecule has 1 fully saturated rings. The van der Waals surface area contributed by atoms with E-state index in [9.17, 15) is 14.5 Å². The molecule has 7 nitrogen and oxygen atoms in total. The Kier molecular flexibility index (Phi) is 4.34. The summed E-state index contributed by atoms with van der Waals surface area (Å²) in [5.41, 5.74) is 2.06. The van der Waals surface area contributed by atoms with Gasteiger partial charge in [-0.05, 0) is 40.0 Å². The molecule has 1 aromatic rings. The van der Waals surface area contributed by atoms with Gasteiger partial charge < -0.3 is 14.6 Å². The van der Waals surface area contributed by atoms with Gasteiger partial charge in [-0.3, -0.25) is 4.68 Å². The molecule has 1 unspecified atom stereocenters. The molecule has 0 saturated carbocycles. The Balaban J connectivity index is 1.86. The second-order valence-electron chi connectivity index (χ2n) is 7.95. The van der Waals surface area contributed by atoms with Gasteiger partial charge in [0.15, 0.2) is 0 Å². The molecule has 1 aromatic heterocycles. The summed E-state index contributed by atoms with van der Waals surface area (Å²) in [7, 11) is 1.90. The van der Waals surface area contributed by atoms with Gasteiger partial charge in [0.1, 0.15) is 4.75 Å². The first kappa shape index (κ1) is 17.6. The summed E-state index contributed by atoms with van der Waals surface area (Å²) in [4.78, 5) is 12.7. The van der Waals surface area contributed by atoms with Crippen molar-refractivity contribution < 1.29 is 14.5 Å². The summed E-state index contributed by atoms with van der Waals surface area (Å²) in [6, 6.07) is -0.0443. The van der Waals surface area contributed by atoms with E-state index < -0.39 is 17.5 Å². The van der Waals surface area contributed by atoms with Crippen molar-refractivity contribution in [1.82, 2.24) is 19.4 Å². The number of piperidine rings is 1. The summed E-state index contributed by atoms with van der Waals surface area (Å²) in [6.07, 6.45) is 3.49. The van der Waals surface area contributed by atoms with Crippen molar-refractivity contribution in [3.63, 3.8) is 0 Å². The number of aromatic nitrogens is 2. The summed E-state index contributed by atoms with van der Waals surface area (Å²) < 4.78 is 17.5. The predicted molar refractivity (Wildman–Crippen MR) is 91.9 cm³/mol. The van der Waals surface area contributed by atoms with E-state index in [1.807, 2.05) is 34.0 Å². The molecular weight excluding hydrogens is 328 g/mol. The number of hydrogen-bond acceptors (Lipinski definition) is 4. The summed E-state index contributed by atoms with van der Waals surface area (Å²) >= 11 is -1.19. The maximum absolute atomic E-state index is 12.7. The third kappa shape index (κ3) is 3.02. The Bertz CT molecular complexity index is 632. The number of fused-ring (bicyclic) bond motifs is 1. The fourth-order valence-corrected chi connectivity index (χ4v) is 4.72. The highest BCUT2D eigenvalue weighted by Crippen LogP contribution is 2.52. The van der Waals surface area contributed by atoms with E-state index in [0.717, 1.165) is 30.5 Å². The fraction of sp³-hybridized carbons (Fsp3) is 0.750. The molecule has 0 bridgehead atoms. The third-order valence-electron chi connectivity index (χ3n) is 5.19. The molecule has 3 rings (SSSR count). The zero-order valence-electron chi connectivity index (χ0n) is 14.7. The van der Waals surface area contributed by atoms with Gasteiger partial charge >= 0.3 is 6.09 Å². The molecule has 1 saturated heterocycles. The van der Waals surface area contributed by atoms with Crippen LogP contribution in [-0.2, 0) is 24.8 Å². The molecule has 1 aliphatic heterocycles. The Hall–Kier alpha value is -1.25. The number of likely N-dealkylation sites (tertiary alicyclic amines) is 1. The SMILES string of the molecule is Cn1cc2c(n1)CC1(CCN(C(=O)O)CC1)[C@@H]2N[S+]([O-])C(C)(C)C. The van der Waals surface area contributed by atoms with Crippen molar-refractivity contribution in [2.24, 2.45) is 12.5 Å². The second-order valence-corrected chi connectivity index (χ2v) is 9.94. The first-order chi connectivity index (χ1) is 11.1. The van der Waals surface area contributed by atoms with Gasteiger partial charge in [0.2, 0.25) is 0 Å². The lowest BCUT2D eigenvalue weighted by Crippen LogP contribution is -2.50. The topological polar surface area (TPSA) is 93.5 Å². The largest absolute Gasteiger partial charge is 0.598 e. The molecule has 0 aromatic carbocycles. The lowest BCUT2D eigenvalue weighted by molar-refractivity contribution is 0.0757. The summed E-state index contributed by atoms with van der Waals surface area (Å²) in [5, 5.41) is 13.8. The minimum Gasteiger partial charge on any atom is -0.598 e. The van der Waals surface area contributed by atoms with Crippen LogP contribution in [0.5, 0.6) is 0 Å². The highest BCUT2D eigenvalue weighted by molar-refractivity contribution is 7.90. The molecule has 0 radical (unpaired) electrons. The number of carboxylic acid groups (broad SMARTS) is 1. The standard InChI is InChI=1S/C16H26N4O3S/c1-15(2,3)24(23)18-13-11-10-19(4)17-12(11)9-16(13)5-7-20(8-6-16)14(21)22/h10,13,18H,5-9H2,1-4H3,(H,21,22)/t13-,24?/m1/s1. The fourth-order valence-electron chi connectivity index (χ4n) is 3.78. The van der Waals surface area contributed by atoms with Crippen LogP contribution < -0.4 is 4.72 Å². The van der Waals surface area contributed by atoms with Gasteiger partial charge in [-0.1, -0.05) is 0 Å². The highest BCUT2D eigenvalue weighted by atomic mass is 32.2. The average molecular weight is 354 g/mol. The molecule has 134 valence electrons. The monoisotopic (exact) mass is 354 g/mol. The van der Waals surface area contributed by atoms with Crippen LogP contribution in [0.15, 0.2) is 6.20 Å². The van der Waals surface area contributed by atoms with E-state index in [1.54, 1.807) is 4.68 Å². The molecule has 8 heteroatoms. The number of nitrogens with one attached hydrogen (secondary N) is 1. The van der Waals surface area contributed by atoms with E-state index in [0.29, 0.717) is 13.1 Å². The molecule has 24 heavy (non-hydrogen) atoms. The first-order valence-electron chi connectivity index (χ1n) is 8.31. The van der Waals surface area contributed by atoms with Crippen LogP contribution in [0.1, 0.15) is 50.9 Å². The number of nitrogens with zero attached hydrogens (tertiary/aromatic N) is 3. The molecule has 1 spiro atoms. The Labute approximate surface area is 145 Å². The molecular formula is C16H26N4O3S.